The second-order valence-corrected chi connectivity index (χ2v) is 3.45. The molecule has 86 valence electrons. The molecule has 1 rings (SSSR count). The molecule has 0 nitrogen and oxygen atoms in total. The highest BCUT2D eigenvalue weighted by Gasteiger charge is 2.23. The van der Waals surface area contributed by atoms with Crippen LogP contribution in [0.2, 0.25) is 0 Å². The third-order valence-corrected chi connectivity index (χ3v) is 2.13. The molecular weight excluding hydrogens is 215 g/mol. The second kappa shape index (κ2) is 4.59. The van der Waals surface area contributed by atoms with Crippen LogP contribution in [0, 0.1) is 30.2 Å². The van der Waals surface area contributed by atoms with Crippen LogP contribution in [0.1, 0.15) is 30.9 Å². The molecule has 0 aliphatic heterocycles. The number of hydrogen-bond donors (Lipinski definition) is 0. The second-order valence-electron chi connectivity index (χ2n) is 3.45. The van der Waals surface area contributed by atoms with Crippen LogP contribution in [0.4, 0.5) is 22.3 Å². The van der Waals surface area contributed by atoms with Crippen molar-refractivity contribution in [1.82, 2.24) is 0 Å². The van der Waals surface area contributed by atoms with Crippen molar-refractivity contribution >= 4 is 0 Å². The third-order valence-electron chi connectivity index (χ3n) is 2.13. The molecule has 5 heteroatoms. The minimum Gasteiger partial charge on any atom is -0.269 e. The van der Waals surface area contributed by atoms with Crippen LogP contribution in [0.5, 0.6) is 0 Å². The van der Waals surface area contributed by atoms with Crippen LogP contribution in [0.3, 0.4) is 0 Å². The average molecular weight is 226 g/mol. The van der Waals surface area contributed by atoms with E-state index in [0.717, 1.165) is 0 Å². The van der Waals surface area contributed by atoms with Gasteiger partial charge in [-0.2, -0.15) is 0 Å². The fourth-order valence-corrected chi connectivity index (χ4v) is 1.44. The van der Waals surface area contributed by atoms with Gasteiger partial charge in [0.15, 0.2) is 23.3 Å². The first-order chi connectivity index (χ1) is 6.37. The summed E-state index contributed by atoms with van der Waals surface area (Å²) in [5.41, 5.74) is -0.280. The topological polar surface area (TPSA) is 0 Å². The molecule has 0 N–H and O–H groups in total. The van der Waals surface area contributed by atoms with E-state index in [2.05, 4.69) is 0 Å². The summed E-state index contributed by atoms with van der Waals surface area (Å²) < 4.78 is 51.7. The van der Waals surface area contributed by atoms with Gasteiger partial charge in [0.2, 0.25) is 0 Å². The van der Waals surface area contributed by atoms with Crippen LogP contribution in [0.15, 0.2) is 0 Å². The Morgan fingerprint density at radius 3 is 1.60 bits per heavy atom. The summed E-state index contributed by atoms with van der Waals surface area (Å²) in [6, 6.07) is 0. The van der Waals surface area contributed by atoms with Gasteiger partial charge in [0.05, 0.1) is 0 Å². The van der Waals surface area contributed by atoms with Gasteiger partial charge in [-0.05, 0) is 24.0 Å². The lowest BCUT2D eigenvalue weighted by Crippen LogP contribution is -2.07. The third kappa shape index (κ3) is 2.11. The van der Waals surface area contributed by atoms with Gasteiger partial charge in [-0.15, -0.1) is 0 Å². The first kappa shape index (κ1) is 13.9. The maximum atomic E-state index is 13.2. The van der Waals surface area contributed by atoms with Gasteiger partial charge in [0, 0.05) is 0 Å². The number of benzene rings is 1. The van der Waals surface area contributed by atoms with Crippen LogP contribution in [-0.4, -0.2) is 0 Å². The van der Waals surface area contributed by atoms with Crippen LogP contribution < -0.4 is 0 Å². The van der Waals surface area contributed by atoms with Gasteiger partial charge in [-0.3, -0.25) is 4.70 Å². The molecule has 0 spiro atoms. The molecule has 0 amide bonds. The molecule has 0 aromatic heterocycles. The largest absolute Gasteiger partial charge is 0.269 e. The zero-order chi connectivity index (χ0) is 11.0. The number of halogens is 5. The number of hydrogen-bond acceptors (Lipinski definition) is 0. The van der Waals surface area contributed by atoms with Crippen molar-refractivity contribution in [3.8, 4) is 0 Å². The molecule has 0 saturated carbocycles. The summed E-state index contributed by atoms with van der Waals surface area (Å²) in [5, 5.41) is 0. The molecule has 0 saturated heterocycles. The molecule has 0 unspecified atom stereocenters. The van der Waals surface area contributed by atoms with Gasteiger partial charge in [-0.1, -0.05) is 13.8 Å². The van der Waals surface area contributed by atoms with Gasteiger partial charge in [0.25, 0.3) is 0 Å². The average Bonchev–Trinajstić information content (AvgIpc) is 2.11. The predicted molar refractivity (Wildman–Crippen MR) is 47.6 cm³/mol. The van der Waals surface area contributed by atoms with Crippen molar-refractivity contribution < 1.29 is 22.3 Å². The fourth-order valence-electron chi connectivity index (χ4n) is 1.44. The van der Waals surface area contributed by atoms with Crippen molar-refractivity contribution in [2.75, 3.05) is 0 Å². The van der Waals surface area contributed by atoms with Crippen LogP contribution in [0.25, 0.3) is 0 Å². The maximum Gasteiger partial charge on any atom is 0.197 e. The van der Waals surface area contributed by atoms with E-state index in [-0.39, 0.29) is 21.7 Å². The summed E-state index contributed by atoms with van der Waals surface area (Å²) in [6.07, 6.45) is 0. The highest BCUT2D eigenvalue weighted by atomic mass is 19.2. The van der Waals surface area contributed by atoms with E-state index >= 15 is 0 Å². The maximum absolute atomic E-state index is 13.2. The monoisotopic (exact) mass is 226 g/mol. The van der Waals surface area contributed by atoms with Crippen molar-refractivity contribution in [3.63, 3.8) is 0 Å². The van der Waals surface area contributed by atoms with E-state index in [9.17, 15) is 17.6 Å². The van der Waals surface area contributed by atoms with Crippen molar-refractivity contribution in [1.29, 1.82) is 0 Å². The normalized spacial score (nSPS) is 10.4. The smallest absolute Gasteiger partial charge is 0.197 e. The molecule has 1 aromatic carbocycles. The van der Waals surface area contributed by atoms with Crippen molar-refractivity contribution in [3.05, 3.63) is 34.4 Å². The molecule has 15 heavy (non-hydrogen) atoms. The predicted octanol–water partition coefficient (Wildman–Crippen LogP) is 3.83. The van der Waals surface area contributed by atoms with Gasteiger partial charge >= 0.3 is 0 Å². The Hall–Kier alpha value is -1.13. The fraction of sp³-hybridized carbons (Fsp3) is 0.400. The Morgan fingerprint density at radius 2 is 1.20 bits per heavy atom. The lowest BCUT2D eigenvalue weighted by molar-refractivity contribution is 0.398. The first-order valence-electron chi connectivity index (χ1n) is 4.20. The Labute approximate surface area is 84.3 Å². The van der Waals surface area contributed by atoms with Gasteiger partial charge in [-0.25, -0.2) is 17.6 Å². The Morgan fingerprint density at radius 1 is 0.800 bits per heavy atom. The van der Waals surface area contributed by atoms with E-state index in [1.165, 1.54) is 6.92 Å². The Kier molecular flexibility index (Phi) is 4.25. The molecule has 0 heterocycles. The molecular formula is C10H11F5. The standard InChI is InChI=1S/C10H10F4.FH/c1-4(2)6-5(3)7(11)9(13)10(14)8(6)12;/h4H,1-3H3;1H. The quantitative estimate of drug-likeness (QED) is 0.388. The van der Waals surface area contributed by atoms with Gasteiger partial charge in [0.1, 0.15) is 0 Å². The molecule has 0 aliphatic rings. The highest BCUT2D eigenvalue weighted by molar-refractivity contribution is 5.33. The Balaban J connectivity index is 0.00000196. The van der Waals surface area contributed by atoms with E-state index in [1.54, 1.807) is 13.8 Å². The molecule has 0 radical (unpaired) electrons. The van der Waals surface area contributed by atoms with Gasteiger partial charge < -0.3 is 0 Å². The summed E-state index contributed by atoms with van der Waals surface area (Å²) >= 11 is 0. The highest BCUT2D eigenvalue weighted by Crippen LogP contribution is 2.28. The minimum atomic E-state index is -1.75. The molecule has 0 bridgehead atoms. The molecule has 0 aliphatic carbocycles. The summed E-state index contributed by atoms with van der Waals surface area (Å²) in [7, 11) is 0. The minimum absolute atomic E-state index is 0. The summed E-state index contributed by atoms with van der Waals surface area (Å²) in [6.45, 7) is 4.40. The summed E-state index contributed by atoms with van der Waals surface area (Å²) in [5.74, 6) is -6.48. The summed E-state index contributed by atoms with van der Waals surface area (Å²) in [4.78, 5) is 0. The first-order valence-corrected chi connectivity index (χ1v) is 4.20. The molecule has 0 fully saturated rings. The van der Waals surface area contributed by atoms with E-state index in [4.69, 9.17) is 0 Å². The van der Waals surface area contributed by atoms with E-state index in [0.29, 0.717) is 0 Å². The zero-order valence-electron chi connectivity index (χ0n) is 8.50. The molecule has 1 aromatic rings. The molecule has 0 atom stereocenters. The van der Waals surface area contributed by atoms with Crippen LogP contribution >= 0.6 is 0 Å². The lowest BCUT2D eigenvalue weighted by atomic mass is 9.96. The van der Waals surface area contributed by atoms with Crippen molar-refractivity contribution in [2.24, 2.45) is 0 Å². The zero-order valence-corrected chi connectivity index (χ0v) is 8.50. The number of rotatable bonds is 1. The van der Waals surface area contributed by atoms with Crippen LogP contribution in [-0.2, 0) is 0 Å². The SMILES string of the molecule is Cc1c(F)c(F)c(F)c(F)c1C(C)C.F. The lowest BCUT2D eigenvalue weighted by Gasteiger charge is -2.12. The van der Waals surface area contributed by atoms with E-state index in [1.807, 2.05) is 0 Å². The van der Waals surface area contributed by atoms with Crippen molar-refractivity contribution in [2.45, 2.75) is 26.7 Å². The van der Waals surface area contributed by atoms with E-state index < -0.39 is 23.3 Å². The Bertz CT molecular complexity index is 342.